The topological polar surface area (TPSA) is 63.2 Å². The first-order valence-corrected chi connectivity index (χ1v) is 11.9. The van der Waals surface area contributed by atoms with Crippen LogP contribution >= 0.6 is 0 Å². The van der Waals surface area contributed by atoms with Gasteiger partial charge in [-0.3, -0.25) is 4.90 Å². The lowest BCUT2D eigenvalue weighted by molar-refractivity contribution is 0.0486. The van der Waals surface area contributed by atoms with Crippen LogP contribution in [0.4, 0.5) is 0 Å². The molecule has 0 radical (unpaired) electrons. The molecule has 1 fully saturated rings. The van der Waals surface area contributed by atoms with Gasteiger partial charge in [0.25, 0.3) is 0 Å². The van der Waals surface area contributed by atoms with Gasteiger partial charge in [0.05, 0.1) is 0 Å². The van der Waals surface area contributed by atoms with Crippen LogP contribution < -0.4 is 19.5 Å². The molecule has 2 atom stereocenters. The van der Waals surface area contributed by atoms with Crippen molar-refractivity contribution in [3.8, 4) is 17.2 Å². The fourth-order valence-electron chi connectivity index (χ4n) is 4.63. The molecular weight excluding hydrogens is 416 g/mol. The maximum atomic E-state index is 10.4. The number of para-hydroxylation sites is 2. The standard InChI is InChI=1S/C27H32N2O4/c30-22(18-31-25-11-5-7-20-6-1-2-8-24(20)25)16-28-21-12-14-29(15-13-21)17-23-19-32-26-9-3-4-10-27(26)33-23/h1-11,21-23,28,30H,12-19H2. The van der Waals surface area contributed by atoms with E-state index in [1.807, 2.05) is 54.6 Å². The monoisotopic (exact) mass is 448 g/mol. The molecule has 2 unspecified atom stereocenters. The number of benzene rings is 3. The first-order chi connectivity index (χ1) is 16.2. The van der Waals surface area contributed by atoms with Crippen molar-refractivity contribution in [2.45, 2.75) is 31.1 Å². The summed E-state index contributed by atoms with van der Waals surface area (Å²) in [4.78, 5) is 2.44. The summed E-state index contributed by atoms with van der Waals surface area (Å²) in [5, 5.41) is 16.2. The lowest BCUT2D eigenvalue weighted by Gasteiger charge is -2.36. The molecule has 6 heteroatoms. The van der Waals surface area contributed by atoms with Gasteiger partial charge in [-0.05, 0) is 49.5 Å². The van der Waals surface area contributed by atoms with Crippen LogP contribution in [0, 0.1) is 0 Å². The smallest absolute Gasteiger partial charge is 0.161 e. The summed E-state index contributed by atoms with van der Waals surface area (Å²) in [5.41, 5.74) is 0. The van der Waals surface area contributed by atoms with Gasteiger partial charge in [-0.15, -0.1) is 0 Å². The van der Waals surface area contributed by atoms with Crippen LogP contribution in [0.15, 0.2) is 66.7 Å². The Balaban J connectivity index is 1.02. The number of aliphatic hydroxyl groups excluding tert-OH is 1. The second-order valence-electron chi connectivity index (χ2n) is 8.92. The summed E-state index contributed by atoms with van der Waals surface area (Å²) in [6.07, 6.45) is 1.63. The van der Waals surface area contributed by atoms with Crippen molar-refractivity contribution < 1.29 is 19.3 Å². The van der Waals surface area contributed by atoms with Crippen LogP contribution in [0.1, 0.15) is 12.8 Å². The molecule has 3 aromatic carbocycles. The molecule has 0 saturated carbocycles. The van der Waals surface area contributed by atoms with E-state index in [0.29, 0.717) is 19.2 Å². The minimum Gasteiger partial charge on any atom is -0.490 e. The van der Waals surface area contributed by atoms with Crippen molar-refractivity contribution in [3.63, 3.8) is 0 Å². The molecule has 0 aromatic heterocycles. The molecule has 3 aromatic rings. The first-order valence-electron chi connectivity index (χ1n) is 11.9. The van der Waals surface area contributed by atoms with Crippen molar-refractivity contribution >= 4 is 10.8 Å². The highest BCUT2D eigenvalue weighted by Gasteiger charge is 2.26. The highest BCUT2D eigenvalue weighted by atomic mass is 16.6. The molecule has 0 bridgehead atoms. The molecule has 2 aliphatic rings. The van der Waals surface area contributed by atoms with Crippen molar-refractivity contribution in [2.24, 2.45) is 0 Å². The molecule has 0 spiro atoms. The van der Waals surface area contributed by atoms with Gasteiger partial charge in [-0.25, -0.2) is 0 Å². The zero-order chi connectivity index (χ0) is 22.5. The summed E-state index contributed by atoms with van der Waals surface area (Å²) in [7, 11) is 0. The number of nitrogens with zero attached hydrogens (tertiary/aromatic N) is 1. The van der Waals surface area contributed by atoms with Crippen LogP contribution in [0.25, 0.3) is 10.8 Å². The van der Waals surface area contributed by atoms with Gasteiger partial charge >= 0.3 is 0 Å². The fraction of sp³-hybridized carbons (Fsp3) is 0.407. The molecule has 2 N–H and O–H groups in total. The molecule has 2 aliphatic heterocycles. The second-order valence-corrected chi connectivity index (χ2v) is 8.92. The molecular formula is C27H32N2O4. The molecule has 33 heavy (non-hydrogen) atoms. The van der Waals surface area contributed by atoms with Gasteiger partial charge < -0.3 is 24.6 Å². The third-order valence-electron chi connectivity index (χ3n) is 6.44. The molecule has 174 valence electrons. The summed E-state index contributed by atoms with van der Waals surface area (Å²) in [5.74, 6) is 2.49. The number of aliphatic hydroxyl groups is 1. The summed E-state index contributed by atoms with van der Waals surface area (Å²) >= 11 is 0. The maximum absolute atomic E-state index is 10.4. The van der Waals surface area contributed by atoms with Crippen LogP contribution in [0.5, 0.6) is 17.2 Å². The van der Waals surface area contributed by atoms with E-state index in [1.165, 1.54) is 0 Å². The van der Waals surface area contributed by atoms with Crippen molar-refractivity contribution in [1.82, 2.24) is 10.2 Å². The van der Waals surface area contributed by atoms with Crippen LogP contribution in [-0.4, -0.2) is 67.6 Å². The Hall–Kier alpha value is -2.80. The lowest BCUT2D eigenvalue weighted by atomic mass is 10.0. The zero-order valence-electron chi connectivity index (χ0n) is 18.9. The minimum absolute atomic E-state index is 0.0671. The van der Waals surface area contributed by atoms with Crippen LogP contribution in [-0.2, 0) is 0 Å². The average Bonchev–Trinajstić information content (AvgIpc) is 2.87. The molecule has 0 amide bonds. The summed E-state index contributed by atoms with van der Waals surface area (Å²) in [6, 6.07) is 22.4. The van der Waals surface area contributed by atoms with E-state index in [0.717, 1.165) is 60.5 Å². The Morgan fingerprint density at radius 1 is 0.970 bits per heavy atom. The number of piperidine rings is 1. The highest BCUT2D eigenvalue weighted by molar-refractivity contribution is 5.88. The average molecular weight is 449 g/mol. The maximum Gasteiger partial charge on any atom is 0.161 e. The predicted molar refractivity (Wildman–Crippen MR) is 129 cm³/mol. The van der Waals surface area contributed by atoms with Gasteiger partial charge in [0, 0.05) is 24.5 Å². The Bertz CT molecular complexity index is 1050. The number of hydrogen-bond donors (Lipinski definition) is 2. The van der Waals surface area contributed by atoms with Gasteiger partial charge in [-0.1, -0.05) is 48.5 Å². The molecule has 5 rings (SSSR count). The third kappa shape index (κ3) is 5.58. The van der Waals surface area contributed by atoms with E-state index in [1.54, 1.807) is 0 Å². The van der Waals surface area contributed by atoms with Gasteiger partial charge in [-0.2, -0.15) is 0 Å². The summed E-state index contributed by atoms with van der Waals surface area (Å²) < 4.78 is 17.9. The van der Waals surface area contributed by atoms with Gasteiger partial charge in [0.2, 0.25) is 0 Å². The van der Waals surface area contributed by atoms with Gasteiger partial charge in [0.15, 0.2) is 11.5 Å². The van der Waals surface area contributed by atoms with Crippen LogP contribution in [0.2, 0.25) is 0 Å². The lowest BCUT2D eigenvalue weighted by Crippen LogP contribution is -2.48. The number of nitrogens with one attached hydrogen (secondary N) is 1. The Morgan fingerprint density at radius 2 is 1.73 bits per heavy atom. The number of fused-ring (bicyclic) bond motifs is 2. The van der Waals surface area contributed by atoms with E-state index in [9.17, 15) is 5.11 Å². The number of ether oxygens (including phenoxy) is 3. The molecule has 0 aliphatic carbocycles. The second kappa shape index (κ2) is 10.4. The first kappa shape index (κ1) is 22.0. The van der Waals surface area contributed by atoms with E-state index in [4.69, 9.17) is 14.2 Å². The fourth-order valence-corrected chi connectivity index (χ4v) is 4.63. The van der Waals surface area contributed by atoms with E-state index < -0.39 is 6.10 Å². The van der Waals surface area contributed by atoms with Crippen molar-refractivity contribution in [2.75, 3.05) is 39.4 Å². The molecule has 2 heterocycles. The van der Waals surface area contributed by atoms with Gasteiger partial charge in [0.1, 0.15) is 31.2 Å². The largest absolute Gasteiger partial charge is 0.490 e. The SMILES string of the molecule is OC(CNC1CCN(CC2COc3ccccc3O2)CC1)COc1cccc2ccccc12. The number of likely N-dealkylation sites (tertiary alicyclic amines) is 1. The molecule has 6 nitrogen and oxygen atoms in total. The quantitative estimate of drug-likeness (QED) is 0.550. The molecule has 1 saturated heterocycles. The van der Waals surface area contributed by atoms with E-state index >= 15 is 0 Å². The normalized spacial score (nSPS) is 20.0. The predicted octanol–water partition coefficient (Wildman–Crippen LogP) is 3.47. The van der Waals surface area contributed by atoms with E-state index in [2.05, 4.69) is 22.3 Å². The van der Waals surface area contributed by atoms with Crippen molar-refractivity contribution in [1.29, 1.82) is 0 Å². The Kier molecular flexibility index (Phi) is 6.95. The number of hydrogen-bond acceptors (Lipinski definition) is 6. The summed E-state index contributed by atoms with van der Waals surface area (Å²) in [6.45, 7) is 4.32. The Morgan fingerprint density at radius 3 is 2.61 bits per heavy atom. The zero-order valence-corrected chi connectivity index (χ0v) is 18.9. The number of rotatable bonds is 8. The van der Waals surface area contributed by atoms with Crippen LogP contribution in [0.3, 0.4) is 0 Å². The Labute approximate surface area is 195 Å². The van der Waals surface area contributed by atoms with E-state index in [-0.39, 0.29) is 12.7 Å². The highest BCUT2D eigenvalue weighted by Crippen LogP contribution is 2.31. The minimum atomic E-state index is -0.546. The van der Waals surface area contributed by atoms with Crippen molar-refractivity contribution in [3.05, 3.63) is 66.7 Å². The third-order valence-corrected chi connectivity index (χ3v) is 6.44.